The van der Waals surface area contributed by atoms with Gasteiger partial charge in [-0.3, -0.25) is 4.79 Å². The van der Waals surface area contributed by atoms with Gasteiger partial charge in [-0.2, -0.15) is 0 Å². The number of benzene rings is 1. The summed E-state index contributed by atoms with van der Waals surface area (Å²) in [7, 11) is 0. The van der Waals surface area contributed by atoms with Crippen LogP contribution in [-0.2, 0) is 6.54 Å². The first kappa shape index (κ1) is 17.9. The molecule has 0 bridgehead atoms. The summed E-state index contributed by atoms with van der Waals surface area (Å²) in [6, 6.07) is 10.2. The van der Waals surface area contributed by atoms with Crippen LogP contribution in [0.3, 0.4) is 0 Å². The van der Waals surface area contributed by atoms with E-state index in [-0.39, 0.29) is 5.91 Å². The van der Waals surface area contributed by atoms with Crippen LogP contribution < -0.4 is 10.2 Å². The maximum Gasteiger partial charge on any atom is 0.271 e. The van der Waals surface area contributed by atoms with Crippen LogP contribution >= 0.6 is 0 Å². The highest BCUT2D eigenvalue weighted by molar-refractivity contribution is 5.91. The van der Waals surface area contributed by atoms with Gasteiger partial charge in [0.15, 0.2) is 0 Å². The Bertz CT molecular complexity index is 626. The summed E-state index contributed by atoms with van der Waals surface area (Å²) in [5, 5.41) is 2.88. The fourth-order valence-electron chi connectivity index (χ4n) is 2.33. The van der Waals surface area contributed by atoms with Crippen LogP contribution in [0.15, 0.2) is 42.7 Å². The van der Waals surface area contributed by atoms with Crippen molar-refractivity contribution in [1.29, 1.82) is 0 Å². The molecule has 0 unspecified atom stereocenters. The second-order valence-electron chi connectivity index (χ2n) is 6.20. The number of nitrogens with zero attached hydrogens (tertiary/aromatic N) is 3. The van der Waals surface area contributed by atoms with Crippen molar-refractivity contribution < 1.29 is 4.79 Å². The Hall–Kier alpha value is -2.43. The van der Waals surface area contributed by atoms with Gasteiger partial charge in [0.2, 0.25) is 0 Å². The van der Waals surface area contributed by atoms with E-state index in [1.165, 1.54) is 5.56 Å². The van der Waals surface area contributed by atoms with E-state index in [0.717, 1.165) is 25.3 Å². The number of carbonyl (C=O) groups excluding carboxylic acids is 1. The Morgan fingerprint density at radius 3 is 2.50 bits per heavy atom. The van der Waals surface area contributed by atoms with Gasteiger partial charge in [-0.1, -0.05) is 44.2 Å². The zero-order valence-electron chi connectivity index (χ0n) is 14.7. The van der Waals surface area contributed by atoms with Crippen LogP contribution in [0.25, 0.3) is 0 Å². The lowest BCUT2D eigenvalue weighted by Crippen LogP contribution is -2.27. The second-order valence-corrected chi connectivity index (χ2v) is 6.20. The number of nitrogens with one attached hydrogen (secondary N) is 1. The molecular formula is C19H26N4O. The largest absolute Gasteiger partial charge is 0.351 e. The molecular weight excluding hydrogens is 300 g/mol. The van der Waals surface area contributed by atoms with Gasteiger partial charge < -0.3 is 10.2 Å². The van der Waals surface area contributed by atoms with Crippen molar-refractivity contribution in [1.82, 2.24) is 15.3 Å². The molecule has 1 amide bonds. The quantitative estimate of drug-likeness (QED) is 0.809. The smallest absolute Gasteiger partial charge is 0.271 e. The van der Waals surface area contributed by atoms with Crippen molar-refractivity contribution in [2.45, 2.75) is 33.7 Å². The molecule has 128 valence electrons. The number of hydrogen-bond acceptors (Lipinski definition) is 4. The Morgan fingerprint density at radius 1 is 1.17 bits per heavy atom. The third-order valence-electron chi connectivity index (χ3n) is 3.80. The van der Waals surface area contributed by atoms with Crippen molar-refractivity contribution >= 4 is 11.7 Å². The predicted octanol–water partition coefficient (Wildman–Crippen LogP) is 3.28. The molecule has 1 heterocycles. The molecule has 0 spiro atoms. The minimum atomic E-state index is -0.166. The molecule has 5 heteroatoms. The molecule has 24 heavy (non-hydrogen) atoms. The fourth-order valence-corrected chi connectivity index (χ4v) is 2.33. The molecule has 0 aliphatic carbocycles. The highest BCUT2D eigenvalue weighted by atomic mass is 16.1. The maximum atomic E-state index is 12.0. The monoisotopic (exact) mass is 326 g/mol. The van der Waals surface area contributed by atoms with Crippen molar-refractivity contribution in [3.63, 3.8) is 0 Å². The first-order valence-electron chi connectivity index (χ1n) is 8.49. The maximum absolute atomic E-state index is 12.0. The van der Waals surface area contributed by atoms with Crippen LogP contribution in [0, 0.1) is 5.92 Å². The topological polar surface area (TPSA) is 58.1 Å². The normalized spacial score (nSPS) is 10.7. The second kappa shape index (κ2) is 9.01. The number of hydrogen-bond donors (Lipinski definition) is 1. The Kier molecular flexibility index (Phi) is 6.73. The third kappa shape index (κ3) is 5.33. The van der Waals surface area contributed by atoms with Crippen molar-refractivity contribution in [2.24, 2.45) is 5.92 Å². The van der Waals surface area contributed by atoms with Crippen molar-refractivity contribution in [2.75, 3.05) is 18.0 Å². The lowest BCUT2D eigenvalue weighted by atomic mass is 10.1. The van der Waals surface area contributed by atoms with E-state index in [1.807, 2.05) is 18.2 Å². The lowest BCUT2D eigenvalue weighted by Gasteiger charge is -2.21. The Morgan fingerprint density at radius 2 is 1.92 bits per heavy atom. The number of carbonyl (C=O) groups is 1. The van der Waals surface area contributed by atoms with Gasteiger partial charge in [0.25, 0.3) is 5.91 Å². The van der Waals surface area contributed by atoms with Crippen LogP contribution in [0.1, 0.15) is 43.2 Å². The summed E-state index contributed by atoms with van der Waals surface area (Å²) < 4.78 is 0. The molecule has 2 aromatic rings. The summed E-state index contributed by atoms with van der Waals surface area (Å²) >= 11 is 0. The van der Waals surface area contributed by atoms with Gasteiger partial charge in [-0.05, 0) is 24.8 Å². The molecule has 0 saturated carbocycles. The summed E-state index contributed by atoms with van der Waals surface area (Å²) in [6.07, 6.45) is 4.18. The predicted molar refractivity (Wildman–Crippen MR) is 97.0 cm³/mol. The highest BCUT2D eigenvalue weighted by Gasteiger charge is 2.11. The van der Waals surface area contributed by atoms with Crippen LogP contribution in [0.5, 0.6) is 0 Å². The SMILES string of the molecule is CCN(Cc1ccccc1)c1cnc(C(=O)NCCC(C)C)cn1. The van der Waals surface area contributed by atoms with Crippen LogP contribution in [0.4, 0.5) is 5.82 Å². The molecule has 1 aromatic carbocycles. The highest BCUT2D eigenvalue weighted by Crippen LogP contribution is 2.13. The van der Waals surface area contributed by atoms with E-state index in [1.54, 1.807) is 12.4 Å². The van der Waals surface area contributed by atoms with E-state index in [2.05, 4.69) is 53.1 Å². The summed E-state index contributed by atoms with van der Waals surface area (Å²) in [6.45, 7) is 8.60. The Labute approximate surface area is 144 Å². The minimum absolute atomic E-state index is 0.166. The third-order valence-corrected chi connectivity index (χ3v) is 3.80. The standard InChI is InChI=1S/C19H26N4O/c1-4-23(14-16-8-6-5-7-9-16)18-13-21-17(12-22-18)19(24)20-11-10-15(2)3/h5-9,12-13,15H,4,10-11,14H2,1-3H3,(H,20,24). The number of amides is 1. The van der Waals surface area contributed by atoms with Gasteiger partial charge in [-0.15, -0.1) is 0 Å². The molecule has 5 nitrogen and oxygen atoms in total. The average Bonchev–Trinajstić information content (AvgIpc) is 2.60. The van der Waals surface area contributed by atoms with Gasteiger partial charge in [0.05, 0.1) is 12.4 Å². The summed E-state index contributed by atoms with van der Waals surface area (Å²) in [5.74, 6) is 1.18. The minimum Gasteiger partial charge on any atom is -0.351 e. The zero-order chi connectivity index (χ0) is 17.4. The first-order valence-corrected chi connectivity index (χ1v) is 8.49. The molecule has 0 fully saturated rings. The van der Waals surface area contributed by atoms with E-state index in [9.17, 15) is 4.79 Å². The molecule has 0 radical (unpaired) electrons. The fraction of sp³-hybridized carbons (Fsp3) is 0.421. The average molecular weight is 326 g/mol. The molecule has 1 aromatic heterocycles. The molecule has 2 rings (SSSR count). The molecule has 1 N–H and O–H groups in total. The zero-order valence-corrected chi connectivity index (χ0v) is 14.7. The molecule has 0 atom stereocenters. The van der Waals surface area contributed by atoms with Gasteiger partial charge >= 0.3 is 0 Å². The molecule has 0 aliphatic heterocycles. The number of rotatable bonds is 8. The number of aromatic nitrogens is 2. The Balaban J connectivity index is 1.97. The van der Waals surface area contributed by atoms with E-state index >= 15 is 0 Å². The summed E-state index contributed by atoms with van der Waals surface area (Å²) in [4.78, 5) is 22.9. The first-order chi connectivity index (χ1) is 11.6. The molecule has 0 aliphatic rings. The van der Waals surface area contributed by atoms with E-state index < -0.39 is 0 Å². The van der Waals surface area contributed by atoms with E-state index in [0.29, 0.717) is 18.2 Å². The van der Waals surface area contributed by atoms with Crippen LogP contribution in [0.2, 0.25) is 0 Å². The lowest BCUT2D eigenvalue weighted by molar-refractivity contribution is 0.0946. The molecule has 0 saturated heterocycles. The van der Waals surface area contributed by atoms with Gasteiger partial charge in [0.1, 0.15) is 11.5 Å². The summed E-state index contributed by atoms with van der Waals surface area (Å²) in [5.41, 5.74) is 1.58. The number of anilines is 1. The van der Waals surface area contributed by atoms with Gasteiger partial charge in [-0.25, -0.2) is 9.97 Å². The van der Waals surface area contributed by atoms with Crippen molar-refractivity contribution in [3.8, 4) is 0 Å². The van der Waals surface area contributed by atoms with Crippen LogP contribution in [-0.4, -0.2) is 29.0 Å². The van der Waals surface area contributed by atoms with E-state index in [4.69, 9.17) is 0 Å². The van der Waals surface area contributed by atoms with Crippen molar-refractivity contribution in [3.05, 3.63) is 54.0 Å². The van der Waals surface area contributed by atoms with Gasteiger partial charge in [0, 0.05) is 19.6 Å².